The number of hydrogen-bond donors (Lipinski definition) is 1. The fourth-order valence-corrected chi connectivity index (χ4v) is 5.89. The lowest BCUT2D eigenvalue weighted by Crippen LogP contribution is -2.62. The summed E-state index contributed by atoms with van der Waals surface area (Å²) in [4.78, 5) is 28.2. The molecule has 0 bridgehead atoms. The number of piperidine rings is 2. The molecule has 1 radical (unpaired) electrons. The topological polar surface area (TPSA) is 55.9 Å². The normalized spacial score (nSPS) is 22.1. The highest BCUT2D eigenvalue weighted by Crippen LogP contribution is 2.37. The van der Waals surface area contributed by atoms with Crippen LogP contribution in [-0.4, -0.2) is 75.2 Å². The minimum absolute atomic E-state index is 0.0410. The lowest BCUT2D eigenvalue weighted by Gasteiger charge is -2.47. The second kappa shape index (κ2) is 15.0. The molecule has 3 fully saturated rings. The van der Waals surface area contributed by atoms with Crippen LogP contribution in [0.4, 0.5) is 33.3 Å². The standard InChI is InChI=1S/C27H29BF5N4O2.2C2H6/c1-28-18-4-6-21(25(31)24(18)30)35-10-12-36(13-11-35)22-8-9-37(15-27(22,32)33)20-5-2-16(14-19(20)29)17-3-7-23(38)34-26(17)39;2*1-2/h2,4-6,14,17,22H,3,7-13,15H2,1H3,(H,34,38,39);2*1-2H3. The maximum absolute atomic E-state index is 15.4. The summed E-state index contributed by atoms with van der Waals surface area (Å²) in [6, 6.07) is 6.11. The van der Waals surface area contributed by atoms with Gasteiger partial charge in [-0.2, -0.15) is 0 Å². The molecule has 2 atom stereocenters. The Bertz CT molecular complexity index is 1270. The quantitative estimate of drug-likeness (QED) is 0.292. The largest absolute Gasteiger partial charge is 0.367 e. The van der Waals surface area contributed by atoms with Crippen LogP contribution in [0.25, 0.3) is 0 Å². The molecule has 43 heavy (non-hydrogen) atoms. The van der Waals surface area contributed by atoms with Gasteiger partial charge in [-0.25, -0.2) is 22.0 Å². The molecule has 2 aromatic carbocycles. The Hall–Kier alpha value is -3.15. The lowest BCUT2D eigenvalue weighted by atomic mass is 9.73. The first-order valence-electron chi connectivity index (χ1n) is 15.1. The van der Waals surface area contributed by atoms with Gasteiger partial charge in [-0.3, -0.25) is 19.8 Å². The number of amides is 2. The van der Waals surface area contributed by atoms with Crippen molar-refractivity contribution in [2.45, 2.75) is 71.7 Å². The maximum atomic E-state index is 15.4. The van der Waals surface area contributed by atoms with E-state index in [4.69, 9.17) is 0 Å². The zero-order chi connectivity index (χ0) is 31.9. The average molecular weight is 607 g/mol. The van der Waals surface area contributed by atoms with Gasteiger partial charge in [0.05, 0.1) is 29.9 Å². The second-order valence-corrected chi connectivity index (χ2v) is 10.3. The van der Waals surface area contributed by atoms with Crippen LogP contribution < -0.4 is 20.6 Å². The number of hydrogen-bond acceptors (Lipinski definition) is 5. The molecule has 5 rings (SSSR count). The highest BCUT2D eigenvalue weighted by atomic mass is 19.3. The molecule has 3 aliphatic heterocycles. The number of carbonyl (C=O) groups is 2. The Morgan fingerprint density at radius 2 is 1.49 bits per heavy atom. The van der Waals surface area contributed by atoms with Crippen molar-refractivity contribution in [3.05, 3.63) is 53.3 Å². The highest BCUT2D eigenvalue weighted by molar-refractivity contribution is 6.52. The summed E-state index contributed by atoms with van der Waals surface area (Å²) < 4.78 is 74.6. The average Bonchev–Trinajstić information content (AvgIpc) is 3.00. The number of anilines is 2. The van der Waals surface area contributed by atoms with Gasteiger partial charge in [0.1, 0.15) is 5.82 Å². The number of nitrogens with zero attached hydrogens (tertiary/aromatic N) is 3. The van der Waals surface area contributed by atoms with Gasteiger partial charge in [0, 0.05) is 39.1 Å². The molecular weight excluding hydrogens is 566 g/mol. The van der Waals surface area contributed by atoms with Crippen LogP contribution >= 0.6 is 0 Å². The molecule has 2 aromatic rings. The smallest absolute Gasteiger partial charge is 0.280 e. The first kappa shape index (κ1) is 34.3. The van der Waals surface area contributed by atoms with Crippen molar-refractivity contribution in [2.75, 3.05) is 49.1 Å². The van der Waals surface area contributed by atoms with Crippen molar-refractivity contribution >= 4 is 35.9 Å². The third-order valence-electron chi connectivity index (χ3n) is 8.01. The van der Waals surface area contributed by atoms with Crippen molar-refractivity contribution in [1.29, 1.82) is 0 Å². The van der Waals surface area contributed by atoms with Crippen LogP contribution in [0.1, 0.15) is 58.4 Å². The number of carbonyl (C=O) groups excluding carboxylic acids is 2. The summed E-state index contributed by atoms with van der Waals surface area (Å²) in [7, 11) is 1.48. The molecule has 12 heteroatoms. The third kappa shape index (κ3) is 7.51. The molecule has 0 aromatic heterocycles. The molecule has 3 heterocycles. The molecule has 0 spiro atoms. The van der Waals surface area contributed by atoms with Gasteiger partial charge in [-0.1, -0.05) is 46.7 Å². The van der Waals surface area contributed by atoms with Gasteiger partial charge >= 0.3 is 0 Å². The van der Waals surface area contributed by atoms with E-state index in [0.717, 1.165) is 0 Å². The molecule has 1 N–H and O–H groups in total. The number of rotatable bonds is 5. The fraction of sp³-hybridized carbons (Fsp3) is 0.548. The Morgan fingerprint density at radius 3 is 2.07 bits per heavy atom. The van der Waals surface area contributed by atoms with Crippen LogP contribution in [0.2, 0.25) is 6.82 Å². The molecule has 6 nitrogen and oxygen atoms in total. The van der Waals surface area contributed by atoms with Crippen LogP contribution in [0.5, 0.6) is 0 Å². The van der Waals surface area contributed by atoms with E-state index in [1.807, 2.05) is 27.7 Å². The summed E-state index contributed by atoms with van der Waals surface area (Å²) in [5.41, 5.74) is 0.734. The van der Waals surface area contributed by atoms with Gasteiger partial charge in [0.25, 0.3) is 5.92 Å². The first-order valence-corrected chi connectivity index (χ1v) is 15.1. The third-order valence-corrected chi connectivity index (χ3v) is 8.01. The van der Waals surface area contributed by atoms with E-state index >= 15 is 13.2 Å². The van der Waals surface area contributed by atoms with Crippen molar-refractivity contribution in [1.82, 2.24) is 10.2 Å². The van der Waals surface area contributed by atoms with Crippen molar-refractivity contribution in [3.8, 4) is 0 Å². The summed E-state index contributed by atoms with van der Waals surface area (Å²) >= 11 is 0. The molecular formula is C31H41BF5N4O2. The van der Waals surface area contributed by atoms with E-state index < -0.39 is 47.8 Å². The number of imide groups is 1. The van der Waals surface area contributed by atoms with Gasteiger partial charge in [-0.05, 0) is 42.1 Å². The number of benzene rings is 2. The molecule has 0 aliphatic carbocycles. The molecule has 2 amide bonds. The van der Waals surface area contributed by atoms with E-state index in [-0.39, 0.29) is 74.7 Å². The Labute approximate surface area is 251 Å². The summed E-state index contributed by atoms with van der Waals surface area (Å²) in [6.07, 6.45) is 0.527. The number of alkyl halides is 2. The van der Waals surface area contributed by atoms with E-state index in [9.17, 15) is 18.4 Å². The zero-order valence-electron chi connectivity index (χ0n) is 25.5. The van der Waals surface area contributed by atoms with Crippen molar-refractivity contribution < 1.29 is 31.5 Å². The van der Waals surface area contributed by atoms with E-state index in [0.29, 0.717) is 5.56 Å². The molecule has 2 unspecified atom stereocenters. The Balaban J connectivity index is 0.00000121. The van der Waals surface area contributed by atoms with Gasteiger partial charge in [-0.15, -0.1) is 0 Å². The van der Waals surface area contributed by atoms with Crippen molar-refractivity contribution in [2.24, 2.45) is 0 Å². The first-order chi connectivity index (χ1) is 20.6. The predicted molar refractivity (Wildman–Crippen MR) is 161 cm³/mol. The number of nitrogens with one attached hydrogen (secondary N) is 1. The summed E-state index contributed by atoms with van der Waals surface area (Å²) in [5, 5.41) is 2.24. The number of piperazine rings is 1. The Morgan fingerprint density at radius 1 is 0.837 bits per heavy atom. The van der Waals surface area contributed by atoms with Crippen LogP contribution in [0.15, 0.2) is 30.3 Å². The second-order valence-electron chi connectivity index (χ2n) is 10.3. The predicted octanol–water partition coefficient (Wildman–Crippen LogP) is 5.09. The van der Waals surface area contributed by atoms with Crippen LogP contribution in [0.3, 0.4) is 0 Å². The van der Waals surface area contributed by atoms with E-state index in [1.54, 1.807) is 22.7 Å². The molecule has 3 aliphatic rings. The maximum Gasteiger partial charge on any atom is 0.280 e. The van der Waals surface area contributed by atoms with Gasteiger partial charge < -0.3 is 9.80 Å². The zero-order valence-corrected chi connectivity index (χ0v) is 25.5. The van der Waals surface area contributed by atoms with E-state index in [1.165, 1.54) is 36.4 Å². The number of halogens is 5. The monoisotopic (exact) mass is 607 g/mol. The molecule has 235 valence electrons. The molecule has 3 saturated heterocycles. The summed E-state index contributed by atoms with van der Waals surface area (Å²) in [6.45, 7) is 10.2. The van der Waals surface area contributed by atoms with Crippen molar-refractivity contribution in [3.63, 3.8) is 0 Å². The van der Waals surface area contributed by atoms with Crippen LogP contribution in [-0.2, 0) is 9.59 Å². The molecule has 0 saturated carbocycles. The minimum atomic E-state index is -3.13. The fourth-order valence-electron chi connectivity index (χ4n) is 5.89. The van der Waals surface area contributed by atoms with E-state index in [2.05, 4.69) is 5.32 Å². The van der Waals surface area contributed by atoms with Gasteiger partial charge in [0.2, 0.25) is 11.8 Å². The minimum Gasteiger partial charge on any atom is -0.367 e. The highest BCUT2D eigenvalue weighted by Gasteiger charge is 2.48. The Kier molecular flexibility index (Phi) is 12.0. The summed E-state index contributed by atoms with van der Waals surface area (Å²) in [5.74, 6) is -7.21. The van der Waals surface area contributed by atoms with Crippen LogP contribution in [0, 0.1) is 17.5 Å². The lowest BCUT2D eigenvalue weighted by molar-refractivity contribution is -0.134. The van der Waals surface area contributed by atoms with Gasteiger partial charge in [0.15, 0.2) is 18.9 Å². The SMILES string of the molecule is CC.CC.C[B]c1ccc(N2CCN(C3CCN(c4ccc(C5CCC(=O)NC5=O)cc4F)CC3(F)F)CC2)c(F)c1F.